The molecule has 1 N–H and O–H groups in total. The summed E-state index contributed by atoms with van der Waals surface area (Å²) in [4.78, 5) is 3.33. The van der Waals surface area contributed by atoms with Crippen LogP contribution >= 0.6 is 0 Å². The predicted molar refractivity (Wildman–Crippen MR) is 75.0 cm³/mol. The van der Waals surface area contributed by atoms with Gasteiger partial charge in [-0.3, -0.25) is 0 Å². The van der Waals surface area contributed by atoms with Crippen molar-refractivity contribution in [2.24, 2.45) is 0 Å². The Morgan fingerprint density at radius 2 is 1.79 bits per heavy atom. The zero-order chi connectivity index (χ0) is 13.4. The molecule has 0 fully saturated rings. The first-order chi connectivity index (χ1) is 9.17. The van der Waals surface area contributed by atoms with Gasteiger partial charge in [0.25, 0.3) is 0 Å². The van der Waals surface area contributed by atoms with Gasteiger partial charge in [-0.15, -0.1) is 0 Å². The van der Waals surface area contributed by atoms with Crippen molar-refractivity contribution in [3.05, 3.63) is 53.8 Å². The monoisotopic (exact) mass is 255 g/mol. The zero-order valence-electron chi connectivity index (χ0n) is 10.8. The van der Waals surface area contributed by atoms with Crippen LogP contribution < -0.4 is 4.74 Å². The molecule has 3 aromatic rings. The largest absolute Gasteiger partial charge is 0.496 e. The molecule has 0 aliphatic heterocycles. The van der Waals surface area contributed by atoms with Gasteiger partial charge in [0.15, 0.2) is 0 Å². The van der Waals surface area contributed by atoms with E-state index in [1.165, 1.54) is 12.1 Å². The maximum atomic E-state index is 12.9. The van der Waals surface area contributed by atoms with E-state index >= 15 is 0 Å². The zero-order valence-corrected chi connectivity index (χ0v) is 10.8. The standard InChI is InChI=1S/C16H14FNO/c1-10-7-12-8-14(11-3-5-13(17)6-4-11)18-15(12)9-16(10)19-2/h3-9,18H,1-2H3. The SMILES string of the molecule is COc1cc2[nH]c(-c3ccc(F)cc3)cc2cc1C. The molecule has 0 spiro atoms. The average molecular weight is 255 g/mol. The van der Waals surface area contributed by atoms with Gasteiger partial charge < -0.3 is 9.72 Å². The molecule has 3 heteroatoms. The number of benzene rings is 2. The maximum absolute atomic E-state index is 12.9. The molecule has 2 nitrogen and oxygen atoms in total. The van der Waals surface area contributed by atoms with Crippen LogP contribution in [0.25, 0.3) is 22.2 Å². The van der Waals surface area contributed by atoms with Crippen LogP contribution in [0.15, 0.2) is 42.5 Å². The van der Waals surface area contributed by atoms with Gasteiger partial charge in [0, 0.05) is 22.7 Å². The molecule has 0 amide bonds. The summed E-state index contributed by atoms with van der Waals surface area (Å²) in [6.45, 7) is 2.02. The average Bonchev–Trinajstić information content (AvgIpc) is 2.81. The normalized spacial score (nSPS) is 10.9. The van der Waals surface area contributed by atoms with E-state index in [-0.39, 0.29) is 5.82 Å². The van der Waals surface area contributed by atoms with Crippen LogP contribution in [-0.4, -0.2) is 12.1 Å². The molecule has 19 heavy (non-hydrogen) atoms. The van der Waals surface area contributed by atoms with Crippen LogP contribution in [0.2, 0.25) is 0 Å². The molecule has 1 heterocycles. The first-order valence-corrected chi connectivity index (χ1v) is 6.10. The molecular weight excluding hydrogens is 241 g/mol. The third-order valence-electron chi connectivity index (χ3n) is 3.29. The van der Waals surface area contributed by atoms with Crippen molar-refractivity contribution in [2.75, 3.05) is 7.11 Å². The van der Waals surface area contributed by atoms with E-state index in [0.717, 1.165) is 33.5 Å². The van der Waals surface area contributed by atoms with Crippen molar-refractivity contribution >= 4 is 10.9 Å². The van der Waals surface area contributed by atoms with E-state index in [4.69, 9.17) is 4.74 Å². The van der Waals surface area contributed by atoms with Crippen LogP contribution in [-0.2, 0) is 0 Å². The second-order valence-electron chi connectivity index (χ2n) is 4.60. The number of rotatable bonds is 2. The fourth-order valence-electron chi connectivity index (χ4n) is 2.28. The fraction of sp³-hybridized carbons (Fsp3) is 0.125. The summed E-state index contributed by atoms with van der Waals surface area (Å²) in [7, 11) is 1.66. The third kappa shape index (κ3) is 2.08. The van der Waals surface area contributed by atoms with Crippen molar-refractivity contribution in [3.63, 3.8) is 0 Å². The Labute approximate surface area is 110 Å². The second-order valence-corrected chi connectivity index (χ2v) is 4.60. The van der Waals surface area contributed by atoms with Crippen LogP contribution in [0.1, 0.15) is 5.56 Å². The molecule has 96 valence electrons. The van der Waals surface area contributed by atoms with Gasteiger partial charge in [0.1, 0.15) is 11.6 Å². The van der Waals surface area contributed by atoms with Crippen molar-refractivity contribution in [1.29, 1.82) is 0 Å². The van der Waals surface area contributed by atoms with Gasteiger partial charge in [-0.05, 0) is 54.4 Å². The highest BCUT2D eigenvalue weighted by Gasteiger charge is 2.07. The molecule has 3 rings (SSSR count). The summed E-state index contributed by atoms with van der Waals surface area (Å²) in [5.41, 5.74) is 4.05. The third-order valence-corrected chi connectivity index (χ3v) is 3.29. The number of aromatic amines is 1. The predicted octanol–water partition coefficient (Wildman–Crippen LogP) is 4.29. The molecule has 0 bridgehead atoms. The number of H-pyrrole nitrogens is 1. The van der Waals surface area contributed by atoms with Gasteiger partial charge in [-0.1, -0.05) is 0 Å². The van der Waals surface area contributed by atoms with Crippen LogP contribution in [0.5, 0.6) is 5.75 Å². The second kappa shape index (κ2) is 4.43. The number of fused-ring (bicyclic) bond motifs is 1. The lowest BCUT2D eigenvalue weighted by molar-refractivity contribution is 0.412. The summed E-state index contributed by atoms with van der Waals surface area (Å²) in [6.07, 6.45) is 0. The van der Waals surface area contributed by atoms with Crippen LogP contribution in [0, 0.1) is 12.7 Å². The van der Waals surface area contributed by atoms with Gasteiger partial charge >= 0.3 is 0 Å². The van der Waals surface area contributed by atoms with Gasteiger partial charge in [-0.2, -0.15) is 0 Å². The summed E-state index contributed by atoms with van der Waals surface area (Å²) in [5, 5.41) is 1.12. The summed E-state index contributed by atoms with van der Waals surface area (Å²) in [5.74, 6) is 0.636. The van der Waals surface area contributed by atoms with Crippen molar-refractivity contribution in [2.45, 2.75) is 6.92 Å². The quantitative estimate of drug-likeness (QED) is 0.726. The number of halogens is 1. The van der Waals surface area contributed by atoms with E-state index in [9.17, 15) is 4.39 Å². The van der Waals surface area contributed by atoms with E-state index in [0.29, 0.717) is 0 Å². The highest BCUT2D eigenvalue weighted by atomic mass is 19.1. The Hall–Kier alpha value is -2.29. The summed E-state index contributed by atoms with van der Waals surface area (Å²) < 4.78 is 18.2. The summed E-state index contributed by atoms with van der Waals surface area (Å²) in [6, 6.07) is 12.6. The molecule has 0 unspecified atom stereocenters. The van der Waals surface area contributed by atoms with E-state index < -0.39 is 0 Å². The molecule has 1 aromatic heterocycles. The Morgan fingerprint density at radius 3 is 2.47 bits per heavy atom. The molecule has 0 saturated carbocycles. The fourth-order valence-corrected chi connectivity index (χ4v) is 2.28. The van der Waals surface area contributed by atoms with Crippen LogP contribution in [0.3, 0.4) is 0 Å². The van der Waals surface area contributed by atoms with Crippen molar-refractivity contribution < 1.29 is 9.13 Å². The minimum Gasteiger partial charge on any atom is -0.496 e. The topological polar surface area (TPSA) is 25.0 Å². The number of aromatic nitrogens is 1. The highest BCUT2D eigenvalue weighted by molar-refractivity contribution is 5.87. The van der Waals surface area contributed by atoms with Gasteiger partial charge in [0.05, 0.1) is 7.11 Å². The minimum atomic E-state index is -0.225. The number of aryl methyl sites for hydroxylation is 1. The molecule has 0 atom stereocenters. The first kappa shape index (κ1) is 11.8. The van der Waals surface area contributed by atoms with E-state index in [1.54, 1.807) is 19.2 Å². The van der Waals surface area contributed by atoms with Crippen molar-refractivity contribution in [3.8, 4) is 17.0 Å². The van der Waals surface area contributed by atoms with Crippen molar-refractivity contribution in [1.82, 2.24) is 4.98 Å². The van der Waals surface area contributed by atoms with E-state index in [2.05, 4.69) is 17.1 Å². The molecule has 0 radical (unpaired) electrons. The number of nitrogens with one attached hydrogen (secondary N) is 1. The van der Waals surface area contributed by atoms with Gasteiger partial charge in [0.2, 0.25) is 0 Å². The van der Waals surface area contributed by atoms with E-state index in [1.807, 2.05) is 13.0 Å². The number of hydrogen-bond donors (Lipinski definition) is 1. The minimum absolute atomic E-state index is 0.225. The Morgan fingerprint density at radius 1 is 1.05 bits per heavy atom. The lowest BCUT2D eigenvalue weighted by Crippen LogP contribution is -1.86. The Bertz CT molecular complexity index is 728. The number of methoxy groups -OCH3 is 1. The summed E-state index contributed by atoms with van der Waals surface area (Å²) >= 11 is 0. The molecule has 0 aliphatic carbocycles. The number of ether oxygens (including phenoxy) is 1. The highest BCUT2D eigenvalue weighted by Crippen LogP contribution is 2.29. The number of hydrogen-bond acceptors (Lipinski definition) is 1. The first-order valence-electron chi connectivity index (χ1n) is 6.10. The van der Waals surface area contributed by atoms with Gasteiger partial charge in [-0.25, -0.2) is 4.39 Å². The maximum Gasteiger partial charge on any atom is 0.123 e. The lowest BCUT2D eigenvalue weighted by Gasteiger charge is -2.03. The Kier molecular flexibility index (Phi) is 2.75. The Balaban J connectivity index is 2.13. The molecule has 2 aromatic carbocycles. The molecular formula is C16H14FNO. The lowest BCUT2D eigenvalue weighted by atomic mass is 10.1. The molecule has 0 aliphatic rings. The van der Waals surface area contributed by atoms with Crippen LogP contribution in [0.4, 0.5) is 4.39 Å². The molecule has 0 saturated heterocycles. The smallest absolute Gasteiger partial charge is 0.123 e.